The molecule has 0 aromatic heterocycles. The van der Waals surface area contributed by atoms with Gasteiger partial charge in [-0.1, -0.05) is 33.6 Å². The maximum Gasteiger partial charge on any atom is 0.251 e. The average Bonchev–Trinajstić information content (AvgIpc) is 2.22. The van der Waals surface area contributed by atoms with Crippen LogP contribution in [0.15, 0.2) is 18.2 Å². The lowest BCUT2D eigenvalue weighted by atomic mass is 10.1. The first-order valence-corrected chi connectivity index (χ1v) is 6.18. The first-order valence-electron chi connectivity index (χ1n) is 5.06. The molecular weight excluding hydrogens is 254 g/mol. The van der Waals surface area contributed by atoms with Crippen molar-refractivity contribution in [3.8, 4) is 0 Å². The van der Waals surface area contributed by atoms with Gasteiger partial charge >= 0.3 is 0 Å². The van der Waals surface area contributed by atoms with Crippen molar-refractivity contribution in [3.05, 3.63) is 34.9 Å². The zero-order valence-corrected chi connectivity index (χ0v) is 10.7. The van der Waals surface area contributed by atoms with Crippen molar-refractivity contribution in [1.82, 2.24) is 5.32 Å². The van der Waals surface area contributed by atoms with Crippen LogP contribution in [0.4, 0.5) is 0 Å². The third-order valence-electron chi connectivity index (χ3n) is 2.23. The van der Waals surface area contributed by atoms with Crippen molar-refractivity contribution in [3.63, 3.8) is 0 Å². The highest BCUT2D eigenvalue weighted by atomic mass is 79.9. The van der Waals surface area contributed by atoms with E-state index in [9.17, 15) is 4.79 Å². The second-order valence-corrected chi connectivity index (χ2v) is 4.41. The van der Waals surface area contributed by atoms with E-state index in [2.05, 4.69) is 21.2 Å². The summed E-state index contributed by atoms with van der Waals surface area (Å²) in [6.45, 7) is 4.67. The molecule has 0 bridgehead atoms. The number of amides is 1. The molecule has 0 radical (unpaired) electrons. The molecule has 0 heterocycles. The third-order valence-corrected chi connectivity index (χ3v) is 2.79. The molecule has 0 aliphatic carbocycles. The van der Waals surface area contributed by atoms with Gasteiger partial charge in [-0.2, -0.15) is 0 Å². The van der Waals surface area contributed by atoms with Gasteiger partial charge in [0.15, 0.2) is 0 Å². The average molecular weight is 270 g/mol. The largest absolute Gasteiger partial charge is 0.352 e. The molecule has 1 aromatic rings. The molecule has 1 N–H and O–H groups in total. The van der Waals surface area contributed by atoms with Crippen LogP contribution in [0.5, 0.6) is 0 Å². The number of halogens is 1. The molecular formula is C12H16BrNO. The van der Waals surface area contributed by atoms with Crippen LogP contribution in [-0.4, -0.2) is 17.8 Å². The minimum Gasteiger partial charge on any atom is -0.352 e. The van der Waals surface area contributed by atoms with Crippen molar-refractivity contribution in [2.24, 2.45) is 0 Å². The maximum absolute atomic E-state index is 11.8. The van der Waals surface area contributed by atoms with Crippen molar-refractivity contribution < 1.29 is 4.79 Å². The van der Waals surface area contributed by atoms with Crippen molar-refractivity contribution >= 4 is 21.8 Å². The normalized spacial score (nSPS) is 10.1. The molecule has 0 aliphatic rings. The van der Waals surface area contributed by atoms with Crippen LogP contribution in [0.25, 0.3) is 0 Å². The Bertz CT molecular complexity index is 349. The molecule has 0 spiro atoms. The molecule has 15 heavy (non-hydrogen) atoms. The number of carbonyl (C=O) groups excluding carboxylic acids is 1. The molecule has 0 fully saturated rings. The fourth-order valence-electron chi connectivity index (χ4n) is 1.34. The molecule has 0 unspecified atom stereocenters. The second kappa shape index (κ2) is 5.91. The number of benzene rings is 1. The number of nitrogens with one attached hydrogen (secondary N) is 1. The Hall–Kier alpha value is -0.830. The van der Waals surface area contributed by atoms with E-state index < -0.39 is 0 Å². The lowest BCUT2D eigenvalue weighted by molar-refractivity contribution is 0.0953. The summed E-state index contributed by atoms with van der Waals surface area (Å²) in [7, 11) is 0. The summed E-state index contributed by atoms with van der Waals surface area (Å²) in [5, 5.41) is 3.82. The highest BCUT2D eigenvalue weighted by Crippen LogP contribution is 2.10. The lowest BCUT2D eigenvalue weighted by Gasteiger charge is -2.07. The molecule has 1 aromatic carbocycles. The van der Waals surface area contributed by atoms with Gasteiger partial charge in [0.1, 0.15) is 0 Å². The van der Waals surface area contributed by atoms with Crippen LogP contribution in [0.3, 0.4) is 0 Å². The van der Waals surface area contributed by atoms with Gasteiger partial charge in [0.2, 0.25) is 0 Å². The fraction of sp³-hybridized carbons (Fsp3) is 0.417. The Labute approximate surface area is 99.2 Å². The summed E-state index contributed by atoms with van der Waals surface area (Å²) in [5.74, 6) is 0.0251. The number of alkyl halides is 1. The highest BCUT2D eigenvalue weighted by Gasteiger charge is 2.07. The predicted octanol–water partition coefficient (Wildman–Crippen LogP) is 2.82. The number of rotatable bonds is 4. The van der Waals surface area contributed by atoms with Gasteiger partial charge in [-0.15, -0.1) is 0 Å². The van der Waals surface area contributed by atoms with Crippen molar-refractivity contribution in [2.45, 2.75) is 20.3 Å². The topological polar surface area (TPSA) is 29.1 Å². The van der Waals surface area contributed by atoms with E-state index in [1.54, 1.807) is 0 Å². The molecule has 1 amide bonds. The van der Waals surface area contributed by atoms with E-state index in [0.717, 1.165) is 35.0 Å². The highest BCUT2D eigenvalue weighted by molar-refractivity contribution is 9.09. The molecule has 82 valence electrons. The minimum atomic E-state index is 0.0251. The monoisotopic (exact) mass is 269 g/mol. The Morgan fingerprint density at radius 3 is 2.80 bits per heavy atom. The first-order chi connectivity index (χ1) is 7.15. The van der Waals surface area contributed by atoms with Crippen LogP contribution in [0, 0.1) is 13.8 Å². The van der Waals surface area contributed by atoms with Crippen LogP contribution in [-0.2, 0) is 0 Å². The molecule has 0 saturated carbocycles. The quantitative estimate of drug-likeness (QED) is 0.661. The number of hydrogen-bond acceptors (Lipinski definition) is 1. The zero-order chi connectivity index (χ0) is 11.3. The minimum absolute atomic E-state index is 0.0251. The second-order valence-electron chi connectivity index (χ2n) is 3.62. The van der Waals surface area contributed by atoms with Crippen LogP contribution in [0.1, 0.15) is 27.9 Å². The molecule has 0 aliphatic heterocycles. The Morgan fingerprint density at radius 2 is 2.13 bits per heavy atom. The lowest BCUT2D eigenvalue weighted by Crippen LogP contribution is -2.25. The smallest absolute Gasteiger partial charge is 0.251 e. The van der Waals surface area contributed by atoms with Crippen LogP contribution >= 0.6 is 15.9 Å². The maximum atomic E-state index is 11.8. The van der Waals surface area contributed by atoms with Gasteiger partial charge in [-0.3, -0.25) is 4.79 Å². The van der Waals surface area contributed by atoms with E-state index in [4.69, 9.17) is 0 Å². The third kappa shape index (κ3) is 3.67. The van der Waals surface area contributed by atoms with Crippen molar-refractivity contribution in [1.29, 1.82) is 0 Å². The van der Waals surface area contributed by atoms with E-state index in [1.807, 2.05) is 32.0 Å². The number of aryl methyl sites for hydroxylation is 2. The van der Waals surface area contributed by atoms with Crippen LogP contribution in [0.2, 0.25) is 0 Å². The fourth-order valence-corrected chi connectivity index (χ4v) is 1.62. The molecule has 1 rings (SSSR count). The van der Waals surface area contributed by atoms with Gasteiger partial charge in [-0.05, 0) is 31.9 Å². The molecule has 0 saturated heterocycles. The van der Waals surface area contributed by atoms with Gasteiger partial charge < -0.3 is 5.32 Å². The standard InChI is InChI=1S/C12H16BrNO/c1-9-4-5-10(2)11(8-9)12(15)14-7-3-6-13/h4-5,8H,3,6-7H2,1-2H3,(H,14,15). The van der Waals surface area contributed by atoms with Gasteiger partial charge in [-0.25, -0.2) is 0 Å². The first kappa shape index (κ1) is 12.2. The summed E-state index contributed by atoms with van der Waals surface area (Å²) in [5.41, 5.74) is 2.92. The summed E-state index contributed by atoms with van der Waals surface area (Å²) in [6.07, 6.45) is 0.955. The van der Waals surface area contributed by atoms with E-state index >= 15 is 0 Å². The predicted molar refractivity (Wildman–Crippen MR) is 66.7 cm³/mol. The molecule has 2 nitrogen and oxygen atoms in total. The van der Waals surface area contributed by atoms with Gasteiger partial charge in [0, 0.05) is 17.4 Å². The Kier molecular flexibility index (Phi) is 4.82. The van der Waals surface area contributed by atoms with Crippen molar-refractivity contribution in [2.75, 3.05) is 11.9 Å². The van der Waals surface area contributed by atoms with E-state index in [-0.39, 0.29) is 5.91 Å². The number of hydrogen-bond donors (Lipinski definition) is 1. The number of carbonyl (C=O) groups is 1. The molecule has 0 atom stereocenters. The summed E-state index contributed by atoms with van der Waals surface area (Å²) < 4.78 is 0. The zero-order valence-electron chi connectivity index (χ0n) is 9.14. The summed E-state index contributed by atoms with van der Waals surface area (Å²) in [4.78, 5) is 11.8. The molecule has 3 heteroatoms. The summed E-state index contributed by atoms with van der Waals surface area (Å²) in [6, 6.07) is 5.93. The van der Waals surface area contributed by atoms with Crippen LogP contribution < -0.4 is 5.32 Å². The Balaban J connectivity index is 2.68. The Morgan fingerprint density at radius 1 is 1.40 bits per heavy atom. The van der Waals surface area contributed by atoms with Gasteiger partial charge in [0.25, 0.3) is 5.91 Å². The SMILES string of the molecule is Cc1ccc(C)c(C(=O)NCCCBr)c1. The van der Waals surface area contributed by atoms with Gasteiger partial charge in [0.05, 0.1) is 0 Å². The summed E-state index contributed by atoms with van der Waals surface area (Å²) >= 11 is 3.33. The van der Waals surface area contributed by atoms with E-state index in [0.29, 0.717) is 0 Å². The van der Waals surface area contributed by atoms with E-state index in [1.165, 1.54) is 0 Å².